The second kappa shape index (κ2) is 11.7. The highest BCUT2D eigenvalue weighted by atomic mass is 35.5. The van der Waals surface area contributed by atoms with Crippen molar-refractivity contribution in [3.63, 3.8) is 0 Å². The topological polar surface area (TPSA) is 49.4 Å². The van der Waals surface area contributed by atoms with Crippen LogP contribution < -0.4 is 5.32 Å². The summed E-state index contributed by atoms with van der Waals surface area (Å²) in [5, 5.41) is 3.73. The standard InChI is InChI=1S/C26H26Cl2N2O2/c1-2-29-26(32)24(16-19-9-5-3-6-10-19)30(18-20-11-7-4-8-12-20)25(31)17-21-13-14-22(27)23(28)15-21/h3-15,24H,2,16-18H2,1H3,(H,29,32). The molecule has 0 heterocycles. The lowest BCUT2D eigenvalue weighted by Crippen LogP contribution is -2.50. The van der Waals surface area contributed by atoms with E-state index in [4.69, 9.17) is 23.2 Å². The SMILES string of the molecule is CCNC(=O)C(Cc1ccccc1)N(Cc1ccccc1)C(=O)Cc1ccc(Cl)c(Cl)c1. The lowest BCUT2D eigenvalue weighted by atomic mass is 10.0. The Bertz CT molecular complexity index is 1040. The zero-order chi connectivity index (χ0) is 22.9. The molecular weight excluding hydrogens is 443 g/mol. The number of rotatable bonds is 9. The van der Waals surface area contributed by atoms with Crippen LogP contribution in [0.4, 0.5) is 0 Å². The summed E-state index contributed by atoms with van der Waals surface area (Å²) in [7, 11) is 0. The maximum atomic E-state index is 13.5. The van der Waals surface area contributed by atoms with Gasteiger partial charge in [-0.2, -0.15) is 0 Å². The molecule has 1 unspecified atom stereocenters. The van der Waals surface area contributed by atoms with Gasteiger partial charge in [0.15, 0.2) is 0 Å². The molecular formula is C26H26Cl2N2O2. The van der Waals surface area contributed by atoms with Gasteiger partial charge >= 0.3 is 0 Å². The lowest BCUT2D eigenvalue weighted by molar-refractivity contribution is -0.140. The Kier molecular flexibility index (Phi) is 8.72. The van der Waals surface area contributed by atoms with Crippen molar-refractivity contribution in [1.82, 2.24) is 10.2 Å². The molecule has 6 heteroatoms. The highest BCUT2D eigenvalue weighted by Crippen LogP contribution is 2.24. The first-order chi connectivity index (χ1) is 15.5. The maximum absolute atomic E-state index is 13.5. The third-order valence-electron chi connectivity index (χ3n) is 5.16. The molecule has 0 aliphatic heterocycles. The van der Waals surface area contributed by atoms with Crippen LogP contribution in [0.15, 0.2) is 78.9 Å². The molecule has 0 radical (unpaired) electrons. The first kappa shape index (κ1) is 23.8. The van der Waals surface area contributed by atoms with Crippen molar-refractivity contribution in [3.05, 3.63) is 106 Å². The second-order valence-corrected chi connectivity index (χ2v) is 8.35. The summed E-state index contributed by atoms with van der Waals surface area (Å²) in [4.78, 5) is 28.3. The van der Waals surface area contributed by atoms with Crippen LogP contribution in [0.5, 0.6) is 0 Å². The van der Waals surface area contributed by atoms with Gasteiger partial charge in [0, 0.05) is 19.5 Å². The Morgan fingerprint density at radius 1 is 0.844 bits per heavy atom. The van der Waals surface area contributed by atoms with Gasteiger partial charge in [-0.25, -0.2) is 0 Å². The summed E-state index contributed by atoms with van der Waals surface area (Å²) in [5.41, 5.74) is 2.69. The smallest absolute Gasteiger partial charge is 0.243 e. The van der Waals surface area contributed by atoms with Crippen LogP contribution in [-0.2, 0) is 29.0 Å². The molecule has 0 saturated heterocycles. The van der Waals surface area contributed by atoms with Crippen molar-refractivity contribution in [1.29, 1.82) is 0 Å². The van der Waals surface area contributed by atoms with Crippen LogP contribution in [-0.4, -0.2) is 29.3 Å². The van der Waals surface area contributed by atoms with Crippen LogP contribution in [0.2, 0.25) is 10.0 Å². The van der Waals surface area contributed by atoms with E-state index in [1.54, 1.807) is 23.1 Å². The van der Waals surface area contributed by atoms with Crippen LogP contribution >= 0.6 is 23.2 Å². The summed E-state index contributed by atoms with van der Waals surface area (Å²) in [6.07, 6.45) is 0.543. The minimum absolute atomic E-state index is 0.119. The third-order valence-corrected chi connectivity index (χ3v) is 5.90. The number of amides is 2. The second-order valence-electron chi connectivity index (χ2n) is 7.53. The number of carbonyl (C=O) groups excluding carboxylic acids is 2. The van der Waals surface area contributed by atoms with Gasteiger partial charge in [0.2, 0.25) is 11.8 Å². The Morgan fingerprint density at radius 3 is 2.06 bits per heavy atom. The Labute approximate surface area is 199 Å². The molecule has 0 aliphatic rings. The fraction of sp³-hybridized carbons (Fsp3) is 0.231. The molecule has 3 rings (SSSR count). The zero-order valence-corrected chi connectivity index (χ0v) is 19.4. The first-order valence-corrected chi connectivity index (χ1v) is 11.3. The van der Waals surface area contributed by atoms with Gasteiger partial charge in [-0.15, -0.1) is 0 Å². The van der Waals surface area contributed by atoms with Crippen LogP contribution in [0.1, 0.15) is 23.6 Å². The van der Waals surface area contributed by atoms with E-state index in [0.717, 1.165) is 16.7 Å². The predicted molar refractivity (Wildman–Crippen MR) is 130 cm³/mol. The predicted octanol–water partition coefficient (Wildman–Crippen LogP) is 5.31. The van der Waals surface area contributed by atoms with Crippen molar-refractivity contribution in [2.75, 3.05) is 6.54 Å². The number of hydrogen-bond donors (Lipinski definition) is 1. The summed E-state index contributed by atoms with van der Waals surface area (Å²) in [6, 6.07) is 23.9. The van der Waals surface area contributed by atoms with E-state index >= 15 is 0 Å². The Balaban J connectivity index is 1.94. The molecule has 3 aromatic rings. The number of nitrogens with zero attached hydrogens (tertiary/aromatic N) is 1. The van der Waals surface area contributed by atoms with Gasteiger partial charge < -0.3 is 10.2 Å². The van der Waals surface area contributed by atoms with Crippen LogP contribution in [0.3, 0.4) is 0 Å². The van der Waals surface area contributed by atoms with E-state index in [9.17, 15) is 9.59 Å². The molecule has 32 heavy (non-hydrogen) atoms. The number of halogens is 2. The Morgan fingerprint density at radius 2 is 1.47 bits per heavy atom. The fourth-order valence-electron chi connectivity index (χ4n) is 3.55. The third kappa shape index (κ3) is 6.59. The number of hydrogen-bond acceptors (Lipinski definition) is 2. The first-order valence-electron chi connectivity index (χ1n) is 10.6. The van der Waals surface area contributed by atoms with E-state index in [1.165, 1.54) is 0 Å². The van der Waals surface area contributed by atoms with Crippen molar-refractivity contribution < 1.29 is 9.59 Å². The molecule has 0 saturated carbocycles. The molecule has 1 N–H and O–H groups in total. The van der Waals surface area contributed by atoms with Crippen LogP contribution in [0.25, 0.3) is 0 Å². The van der Waals surface area contributed by atoms with Gasteiger partial charge in [0.1, 0.15) is 6.04 Å². The normalized spacial score (nSPS) is 11.6. The molecule has 0 spiro atoms. The van der Waals surface area contributed by atoms with E-state index < -0.39 is 6.04 Å². The molecule has 166 valence electrons. The van der Waals surface area contributed by atoms with Crippen molar-refractivity contribution in [2.45, 2.75) is 32.4 Å². The average Bonchev–Trinajstić information content (AvgIpc) is 2.80. The summed E-state index contributed by atoms with van der Waals surface area (Å²) in [6.45, 7) is 2.69. The summed E-state index contributed by atoms with van der Waals surface area (Å²) < 4.78 is 0. The maximum Gasteiger partial charge on any atom is 0.243 e. The Hall–Kier alpha value is -2.82. The van der Waals surface area contributed by atoms with Gasteiger partial charge in [-0.05, 0) is 35.7 Å². The molecule has 0 fully saturated rings. The van der Waals surface area contributed by atoms with Crippen LogP contribution in [0, 0.1) is 0 Å². The zero-order valence-electron chi connectivity index (χ0n) is 17.9. The van der Waals surface area contributed by atoms with E-state index in [1.807, 2.05) is 67.6 Å². The quantitative estimate of drug-likeness (QED) is 0.462. The van der Waals surface area contributed by atoms with E-state index in [2.05, 4.69) is 5.32 Å². The van der Waals surface area contributed by atoms with Gasteiger partial charge in [0.05, 0.1) is 16.5 Å². The van der Waals surface area contributed by atoms with E-state index in [-0.39, 0.29) is 18.2 Å². The molecule has 3 aromatic carbocycles. The molecule has 0 aromatic heterocycles. The van der Waals surface area contributed by atoms with Gasteiger partial charge in [-0.3, -0.25) is 9.59 Å². The molecule has 2 amide bonds. The largest absolute Gasteiger partial charge is 0.355 e. The summed E-state index contributed by atoms with van der Waals surface area (Å²) in [5.74, 6) is -0.325. The van der Waals surface area contributed by atoms with Crippen molar-refractivity contribution in [2.24, 2.45) is 0 Å². The fourth-order valence-corrected chi connectivity index (χ4v) is 3.87. The summed E-state index contributed by atoms with van der Waals surface area (Å²) >= 11 is 12.2. The molecule has 1 atom stereocenters. The molecule has 0 aliphatic carbocycles. The highest BCUT2D eigenvalue weighted by Gasteiger charge is 2.30. The monoisotopic (exact) mass is 468 g/mol. The molecule has 4 nitrogen and oxygen atoms in total. The number of nitrogens with one attached hydrogen (secondary N) is 1. The lowest BCUT2D eigenvalue weighted by Gasteiger charge is -2.31. The number of likely N-dealkylation sites (N-methyl/N-ethyl adjacent to an activating group) is 1. The average molecular weight is 469 g/mol. The van der Waals surface area contributed by atoms with E-state index in [0.29, 0.717) is 29.6 Å². The number of carbonyl (C=O) groups is 2. The highest BCUT2D eigenvalue weighted by molar-refractivity contribution is 6.42. The van der Waals surface area contributed by atoms with Crippen molar-refractivity contribution in [3.8, 4) is 0 Å². The van der Waals surface area contributed by atoms with Crippen molar-refractivity contribution >= 4 is 35.0 Å². The number of benzene rings is 3. The minimum Gasteiger partial charge on any atom is -0.355 e. The molecule has 0 bridgehead atoms. The minimum atomic E-state index is -0.646. The van der Waals surface area contributed by atoms with Gasteiger partial charge in [-0.1, -0.05) is 89.9 Å². The van der Waals surface area contributed by atoms with Gasteiger partial charge in [0.25, 0.3) is 0 Å².